The highest BCUT2D eigenvalue weighted by Gasteiger charge is 2.29. The maximum absolute atomic E-state index is 12.9. The number of nitrogens with zero attached hydrogens (tertiary/aromatic N) is 4. The molecule has 1 aliphatic carbocycles. The molecule has 31 heavy (non-hydrogen) atoms. The molecule has 1 aliphatic rings. The average molecular weight is 479 g/mol. The van der Waals surface area contributed by atoms with Gasteiger partial charge in [0.2, 0.25) is 21.7 Å². The lowest BCUT2D eigenvalue weighted by atomic mass is 9.96. The normalized spacial score (nSPS) is 15.5. The molecule has 0 amide bonds. The van der Waals surface area contributed by atoms with Crippen molar-refractivity contribution >= 4 is 33.4 Å². The zero-order valence-corrected chi connectivity index (χ0v) is 19.5. The minimum atomic E-state index is -3.54. The maximum Gasteiger partial charge on any atom is 0.244 e. The summed E-state index contributed by atoms with van der Waals surface area (Å²) in [6, 6.07) is 10.6. The predicted octanol–water partition coefficient (Wildman–Crippen LogP) is 5.03. The summed E-state index contributed by atoms with van der Waals surface area (Å²) in [5.74, 6) is 1.35. The van der Waals surface area contributed by atoms with Crippen molar-refractivity contribution in [3.05, 3.63) is 53.5 Å². The highest BCUT2D eigenvalue weighted by Crippen LogP contribution is 2.28. The van der Waals surface area contributed by atoms with Crippen LogP contribution in [0.25, 0.3) is 11.4 Å². The van der Waals surface area contributed by atoms with E-state index in [4.69, 9.17) is 16.1 Å². The second kappa shape index (κ2) is 9.68. The molecule has 1 aromatic carbocycles. The Morgan fingerprint density at radius 1 is 1.19 bits per heavy atom. The number of thioether (sulfide) groups is 1. The van der Waals surface area contributed by atoms with E-state index in [0.29, 0.717) is 27.5 Å². The maximum atomic E-state index is 12.9. The lowest BCUT2D eigenvalue weighted by Crippen LogP contribution is -2.38. The van der Waals surface area contributed by atoms with Crippen LogP contribution < -0.4 is 0 Å². The topological polar surface area (TPSA) is 89.2 Å². The molecule has 2 aromatic heterocycles. The van der Waals surface area contributed by atoms with Gasteiger partial charge < -0.3 is 4.52 Å². The first-order chi connectivity index (χ1) is 14.9. The van der Waals surface area contributed by atoms with Crippen molar-refractivity contribution < 1.29 is 12.9 Å². The van der Waals surface area contributed by atoms with Crippen LogP contribution in [0, 0.1) is 0 Å². The lowest BCUT2D eigenvalue weighted by molar-refractivity contribution is 0.285. The summed E-state index contributed by atoms with van der Waals surface area (Å²) in [7, 11) is -1.88. The van der Waals surface area contributed by atoms with E-state index in [1.54, 1.807) is 31.3 Å². The summed E-state index contributed by atoms with van der Waals surface area (Å²) >= 11 is 7.41. The fourth-order valence-electron chi connectivity index (χ4n) is 3.61. The number of halogens is 1. The summed E-state index contributed by atoms with van der Waals surface area (Å²) < 4.78 is 32.6. The number of aromatic nitrogens is 3. The summed E-state index contributed by atoms with van der Waals surface area (Å²) in [4.78, 5) is 8.91. The molecule has 0 spiro atoms. The van der Waals surface area contributed by atoms with E-state index in [2.05, 4.69) is 15.1 Å². The Bertz CT molecular complexity index is 1130. The van der Waals surface area contributed by atoms with Gasteiger partial charge in [-0.05, 0) is 37.1 Å². The number of hydrogen-bond acceptors (Lipinski definition) is 7. The van der Waals surface area contributed by atoms with E-state index in [9.17, 15) is 8.42 Å². The van der Waals surface area contributed by atoms with Gasteiger partial charge in [-0.15, -0.1) is 0 Å². The molecule has 0 N–H and O–H groups in total. The van der Waals surface area contributed by atoms with E-state index >= 15 is 0 Å². The van der Waals surface area contributed by atoms with Crippen LogP contribution in [0.1, 0.15) is 38.0 Å². The Balaban J connectivity index is 1.39. The minimum absolute atomic E-state index is 0.0685. The third-order valence-electron chi connectivity index (χ3n) is 5.37. The van der Waals surface area contributed by atoms with Gasteiger partial charge in [0.1, 0.15) is 4.90 Å². The van der Waals surface area contributed by atoms with Crippen molar-refractivity contribution in [3.8, 4) is 11.4 Å². The number of pyridine rings is 1. The summed E-state index contributed by atoms with van der Waals surface area (Å²) in [6.07, 6.45) is 6.58. The molecule has 0 aliphatic heterocycles. The Labute approximate surface area is 191 Å². The van der Waals surface area contributed by atoms with Crippen molar-refractivity contribution in [1.82, 2.24) is 19.4 Å². The van der Waals surface area contributed by atoms with Gasteiger partial charge in [-0.1, -0.05) is 59.9 Å². The molecule has 0 bridgehead atoms. The van der Waals surface area contributed by atoms with Crippen molar-refractivity contribution in [2.45, 2.75) is 53.8 Å². The number of rotatable bonds is 7. The van der Waals surface area contributed by atoms with Gasteiger partial charge in [-0.3, -0.25) is 0 Å². The monoisotopic (exact) mass is 478 g/mol. The minimum Gasteiger partial charge on any atom is -0.338 e. The van der Waals surface area contributed by atoms with Crippen LogP contribution in [0.15, 0.2) is 57.0 Å². The highest BCUT2D eigenvalue weighted by molar-refractivity contribution is 7.98. The molecule has 0 saturated heterocycles. The van der Waals surface area contributed by atoms with E-state index in [-0.39, 0.29) is 10.9 Å². The molecule has 0 atom stereocenters. The Morgan fingerprint density at radius 3 is 2.71 bits per heavy atom. The summed E-state index contributed by atoms with van der Waals surface area (Å²) in [6.45, 7) is 0. The molecule has 0 radical (unpaired) electrons. The molecule has 10 heteroatoms. The third kappa shape index (κ3) is 5.28. The summed E-state index contributed by atoms with van der Waals surface area (Å²) in [5, 5.41) is 5.27. The van der Waals surface area contributed by atoms with Crippen LogP contribution >= 0.6 is 23.4 Å². The molecule has 2 heterocycles. The smallest absolute Gasteiger partial charge is 0.244 e. The Kier molecular flexibility index (Phi) is 6.95. The first kappa shape index (κ1) is 22.3. The van der Waals surface area contributed by atoms with E-state index < -0.39 is 10.0 Å². The fraction of sp³-hybridized carbons (Fsp3) is 0.381. The van der Waals surface area contributed by atoms with Gasteiger partial charge in [0.15, 0.2) is 0 Å². The first-order valence-electron chi connectivity index (χ1n) is 10.1. The zero-order valence-electron chi connectivity index (χ0n) is 17.1. The van der Waals surface area contributed by atoms with Crippen LogP contribution in [0.4, 0.5) is 0 Å². The molecule has 0 unspecified atom stereocenters. The predicted molar refractivity (Wildman–Crippen MR) is 120 cm³/mol. The molecular weight excluding hydrogens is 456 g/mol. The molecule has 3 aromatic rings. The van der Waals surface area contributed by atoms with E-state index in [1.165, 1.54) is 28.7 Å². The van der Waals surface area contributed by atoms with Crippen LogP contribution in [0.3, 0.4) is 0 Å². The molecule has 164 valence electrons. The van der Waals surface area contributed by atoms with Crippen LogP contribution in [0.2, 0.25) is 5.02 Å². The largest absolute Gasteiger partial charge is 0.338 e. The highest BCUT2D eigenvalue weighted by atomic mass is 35.5. The molecule has 1 saturated carbocycles. The van der Waals surface area contributed by atoms with Gasteiger partial charge >= 0.3 is 0 Å². The standard InChI is InChI=1S/C21H23ClN4O3S2/c1-26(17-8-3-2-4-9-17)31(27,28)18-10-11-20(23-13-18)30-14-19-24-21(25-29-19)15-6-5-7-16(22)12-15/h5-7,10-13,17H,2-4,8-9,14H2,1H3. The van der Waals surface area contributed by atoms with Crippen molar-refractivity contribution in [1.29, 1.82) is 0 Å². The van der Waals surface area contributed by atoms with Crippen LogP contribution in [-0.4, -0.2) is 40.9 Å². The fourth-order valence-corrected chi connectivity index (χ4v) is 5.84. The third-order valence-corrected chi connectivity index (χ3v) is 8.43. The SMILES string of the molecule is CN(C1CCCCC1)S(=O)(=O)c1ccc(SCc2nc(-c3cccc(Cl)c3)no2)nc1. The second-order valence-corrected chi connectivity index (χ2v) is 10.9. The van der Waals surface area contributed by atoms with Gasteiger partial charge in [-0.2, -0.15) is 9.29 Å². The first-order valence-corrected chi connectivity index (χ1v) is 12.9. The van der Waals surface area contributed by atoms with E-state index in [0.717, 1.165) is 31.2 Å². The average Bonchev–Trinajstić information content (AvgIpc) is 3.27. The molecule has 7 nitrogen and oxygen atoms in total. The lowest BCUT2D eigenvalue weighted by Gasteiger charge is -2.30. The zero-order chi connectivity index (χ0) is 21.8. The van der Waals surface area contributed by atoms with Crippen LogP contribution in [0.5, 0.6) is 0 Å². The molecule has 1 fully saturated rings. The summed E-state index contributed by atoms with van der Waals surface area (Å²) in [5.41, 5.74) is 0.780. The van der Waals surface area contributed by atoms with Gasteiger partial charge in [0, 0.05) is 29.9 Å². The number of benzene rings is 1. The second-order valence-electron chi connectivity index (χ2n) is 7.46. The Hall–Kier alpha value is -1.94. The van der Waals surface area contributed by atoms with Gasteiger partial charge in [0.05, 0.1) is 10.8 Å². The quantitative estimate of drug-likeness (QED) is 0.440. The van der Waals surface area contributed by atoms with Crippen molar-refractivity contribution in [2.24, 2.45) is 0 Å². The van der Waals surface area contributed by atoms with Gasteiger partial charge in [0.25, 0.3) is 0 Å². The van der Waals surface area contributed by atoms with Crippen LogP contribution in [-0.2, 0) is 15.8 Å². The van der Waals surface area contributed by atoms with E-state index in [1.807, 2.05) is 12.1 Å². The number of sulfonamides is 1. The molecular formula is C21H23ClN4O3S2. The van der Waals surface area contributed by atoms with Gasteiger partial charge in [-0.25, -0.2) is 13.4 Å². The molecule has 4 rings (SSSR count). The number of hydrogen-bond donors (Lipinski definition) is 0. The van der Waals surface area contributed by atoms with Crippen molar-refractivity contribution in [3.63, 3.8) is 0 Å². The Morgan fingerprint density at radius 2 is 2.00 bits per heavy atom. The van der Waals surface area contributed by atoms with Crippen molar-refractivity contribution in [2.75, 3.05) is 7.05 Å².